The van der Waals surface area contributed by atoms with Crippen LogP contribution >= 0.6 is 0 Å². The number of nitrogens with one attached hydrogen (secondary N) is 1. The van der Waals surface area contributed by atoms with Crippen LogP contribution in [0.3, 0.4) is 0 Å². The van der Waals surface area contributed by atoms with Crippen molar-refractivity contribution in [2.24, 2.45) is 0 Å². The second-order valence-corrected chi connectivity index (χ2v) is 5.35. The fourth-order valence-corrected chi connectivity index (χ4v) is 2.19. The van der Waals surface area contributed by atoms with Crippen LogP contribution in [-0.2, 0) is 6.54 Å². The normalized spacial score (nSPS) is 10.5. The highest BCUT2D eigenvalue weighted by molar-refractivity contribution is 5.51. The van der Waals surface area contributed by atoms with Crippen LogP contribution in [0, 0.1) is 6.92 Å². The Labute approximate surface area is 126 Å². The van der Waals surface area contributed by atoms with Gasteiger partial charge in [0.2, 0.25) is 0 Å². The van der Waals surface area contributed by atoms with E-state index >= 15 is 0 Å². The molecular weight excluding hydrogens is 262 g/mol. The Morgan fingerprint density at radius 2 is 1.90 bits per heavy atom. The van der Waals surface area contributed by atoms with Crippen LogP contribution in [-0.4, -0.2) is 13.2 Å². The minimum absolute atomic E-state index is 0.192. The lowest BCUT2D eigenvalue weighted by Crippen LogP contribution is -2.06. The van der Waals surface area contributed by atoms with Gasteiger partial charge in [-0.15, -0.1) is 0 Å². The molecule has 0 aromatic heterocycles. The van der Waals surface area contributed by atoms with Crippen LogP contribution in [0.1, 0.15) is 25.0 Å². The first-order chi connectivity index (χ1) is 10.1. The fourth-order valence-electron chi connectivity index (χ4n) is 2.19. The SMILES string of the molecule is COc1ccc(NCc2cccc(OC(C)C)c2)cc1C. The zero-order chi connectivity index (χ0) is 15.2. The molecule has 0 aliphatic heterocycles. The molecule has 0 atom stereocenters. The number of hydrogen-bond donors (Lipinski definition) is 1. The fraction of sp³-hybridized carbons (Fsp3) is 0.333. The van der Waals surface area contributed by atoms with Crippen molar-refractivity contribution in [3.63, 3.8) is 0 Å². The van der Waals surface area contributed by atoms with Gasteiger partial charge in [-0.05, 0) is 62.2 Å². The van der Waals surface area contributed by atoms with Crippen LogP contribution < -0.4 is 14.8 Å². The average molecular weight is 285 g/mol. The molecule has 3 heteroatoms. The highest BCUT2D eigenvalue weighted by Crippen LogP contribution is 2.22. The summed E-state index contributed by atoms with van der Waals surface area (Å²) in [6.45, 7) is 6.87. The summed E-state index contributed by atoms with van der Waals surface area (Å²) in [5.41, 5.74) is 3.41. The maximum absolute atomic E-state index is 5.71. The predicted octanol–water partition coefficient (Wildman–Crippen LogP) is 4.40. The standard InChI is InChI=1S/C18H23NO2/c1-13(2)21-17-7-5-6-15(11-17)12-19-16-8-9-18(20-4)14(3)10-16/h5-11,13,19H,12H2,1-4H3. The van der Waals surface area contributed by atoms with E-state index in [1.807, 2.05) is 45.0 Å². The topological polar surface area (TPSA) is 30.5 Å². The summed E-state index contributed by atoms with van der Waals surface area (Å²) >= 11 is 0. The molecule has 112 valence electrons. The van der Waals surface area contributed by atoms with Crippen LogP contribution in [0.4, 0.5) is 5.69 Å². The Bertz CT molecular complexity index is 594. The first-order valence-corrected chi connectivity index (χ1v) is 7.22. The molecule has 0 saturated carbocycles. The summed E-state index contributed by atoms with van der Waals surface area (Å²) in [5, 5.41) is 3.42. The maximum atomic E-state index is 5.71. The molecule has 2 aromatic carbocycles. The Morgan fingerprint density at radius 1 is 1.10 bits per heavy atom. The maximum Gasteiger partial charge on any atom is 0.121 e. The summed E-state index contributed by atoms with van der Waals surface area (Å²) < 4.78 is 11.0. The van der Waals surface area contributed by atoms with E-state index in [0.29, 0.717) is 0 Å². The van der Waals surface area contributed by atoms with E-state index in [9.17, 15) is 0 Å². The number of ether oxygens (including phenoxy) is 2. The van der Waals surface area contributed by atoms with Crippen molar-refractivity contribution in [2.75, 3.05) is 12.4 Å². The second-order valence-electron chi connectivity index (χ2n) is 5.35. The van der Waals surface area contributed by atoms with Gasteiger partial charge in [-0.25, -0.2) is 0 Å². The Hall–Kier alpha value is -2.16. The number of anilines is 1. The number of benzene rings is 2. The summed E-state index contributed by atoms with van der Waals surface area (Å²) in [6, 6.07) is 14.3. The molecule has 0 saturated heterocycles. The van der Waals surface area contributed by atoms with Crippen LogP contribution in [0.2, 0.25) is 0 Å². The van der Waals surface area contributed by atoms with Gasteiger partial charge in [-0.3, -0.25) is 0 Å². The van der Waals surface area contributed by atoms with Gasteiger partial charge >= 0.3 is 0 Å². The number of aryl methyl sites for hydroxylation is 1. The third-order valence-electron chi connectivity index (χ3n) is 3.16. The minimum atomic E-state index is 0.192. The van der Waals surface area contributed by atoms with E-state index < -0.39 is 0 Å². The minimum Gasteiger partial charge on any atom is -0.496 e. The van der Waals surface area contributed by atoms with E-state index in [2.05, 4.69) is 23.5 Å². The molecule has 2 rings (SSSR count). The number of methoxy groups -OCH3 is 1. The van der Waals surface area contributed by atoms with Crippen molar-refractivity contribution in [3.05, 3.63) is 53.6 Å². The van der Waals surface area contributed by atoms with Crippen molar-refractivity contribution in [1.82, 2.24) is 0 Å². The van der Waals surface area contributed by atoms with Gasteiger partial charge in [0.1, 0.15) is 11.5 Å². The van der Waals surface area contributed by atoms with Crippen LogP contribution in [0.5, 0.6) is 11.5 Å². The third kappa shape index (κ3) is 4.42. The largest absolute Gasteiger partial charge is 0.496 e. The quantitative estimate of drug-likeness (QED) is 0.853. The molecule has 0 aliphatic carbocycles. The average Bonchev–Trinajstić information content (AvgIpc) is 2.45. The third-order valence-corrected chi connectivity index (χ3v) is 3.16. The highest BCUT2D eigenvalue weighted by Gasteiger charge is 2.02. The summed E-state index contributed by atoms with van der Waals surface area (Å²) in [4.78, 5) is 0. The number of hydrogen-bond acceptors (Lipinski definition) is 3. The van der Waals surface area contributed by atoms with Crippen molar-refractivity contribution >= 4 is 5.69 Å². The van der Waals surface area contributed by atoms with E-state index in [1.165, 1.54) is 5.56 Å². The van der Waals surface area contributed by atoms with E-state index in [1.54, 1.807) is 7.11 Å². The van der Waals surface area contributed by atoms with Gasteiger partial charge in [0, 0.05) is 12.2 Å². The summed E-state index contributed by atoms with van der Waals surface area (Å²) in [7, 11) is 1.69. The van der Waals surface area contributed by atoms with Crippen molar-refractivity contribution in [2.45, 2.75) is 33.4 Å². The molecule has 1 N–H and O–H groups in total. The van der Waals surface area contributed by atoms with Crippen molar-refractivity contribution < 1.29 is 9.47 Å². The van der Waals surface area contributed by atoms with E-state index in [-0.39, 0.29) is 6.10 Å². The molecule has 3 nitrogen and oxygen atoms in total. The molecular formula is C18H23NO2. The summed E-state index contributed by atoms with van der Waals surface area (Å²) in [5.74, 6) is 1.82. The first kappa shape index (κ1) is 15.2. The Balaban J connectivity index is 2.01. The molecule has 0 amide bonds. The summed E-state index contributed by atoms with van der Waals surface area (Å²) in [6.07, 6.45) is 0.192. The Kier molecular flexibility index (Phi) is 5.09. The van der Waals surface area contributed by atoms with Gasteiger partial charge < -0.3 is 14.8 Å². The number of rotatable bonds is 6. The smallest absolute Gasteiger partial charge is 0.121 e. The molecule has 21 heavy (non-hydrogen) atoms. The van der Waals surface area contributed by atoms with Gasteiger partial charge in [-0.1, -0.05) is 12.1 Å². The highest BCUT2D eigenvalue weighted by atomic mass is 16.5. The lowest BCUT2D eigenvalue weighted by Gasteiger charge is -2.12. The Morgan fingerprint density at radius 3 is 2.57 bits per heavy atom. The first-order valence-electron chi connectivity index (χ1n) is 7.22. The van der Waals surface area contributed by atoms with Gasteiger partial charge in [0.25, 0.3) is 0 Å². The van der Waals surface area contributed by atoms with Crippen molar-refractivity contribution in [3.8, 4) is 11.5 Å². The van der Waals surface area contributed by atoms with Gasteiger partial charge in [0.05, 0.1) is 13.2 Å². The molecule has 0 unspecified atom stereocenters. The molecule has 0 heterocycles. The molecule has 0 aliphatic rings. The molecule has 0 spiro atoms. The molecule has 0 bridgehead atoms. The second kappa shape index (κ2) is 7.02. The van der Waals surface area contributed by atoms with E-state index in [0.717, 1.165) is 29.3 Å². The lowest BCUT2D eigenvalue weighted by atomic mass is 10.1. The van der Waals surface area contributed by atoms with Gasteiger partial charge in [0.15, 0.2) is 0 Å². The van der Waals surface area contributed by atoms with Crippen molar-refractivity contribution in [1.29, 1.82) is 0 Å². The van der Waals surface area contributed by atoms with E-state index in [4.69, 9.17) is 9.47 Å². The monoisotopic (exact) mass is 285 g/mol. The predicted molar refractivity (Wildman–Crippen MR) is 87.3 cm³/mol. The van der Waals surface area contributed by atoms with Gasteiger partial charge in [-0.2, -0.15) is 0 Å². The zero-order valence-electron chi connectivity index (χ0n) is 13.1. The lowest BCUT2D eigenvalue weighted by molar-refractivity contribution is 0.242. The zero-order valence-corrected chi connectivity index (χ0v) is 13.1. The van der Waals surface area contributed by atoms with Crippen LogP contribution in [0.25, 0.3) is 0 Å². The van der Waals surface area contributed by atoms with Crippen LogP contribution in [0.15, 0.2) is 42.5 Å². The molecule has 0 fully saturated rings. The molecule has 2 aromatic rings. The molecule has 0 radical (unpaired) electrons.